The second-order valence-corrected chi connectivity index (χ2v) is 4.95. The Morgan fingerprint density at radius 2 is 1.95 bits per heavy atom. The smallest absolute Gasteiger partial charge is 0.243 e. The van der Waals surface area contributed by atoms with Gasteiger partial charge in [0.15, 0.2) is 0 Å². The first-order valence-corrected chi connectivity index (χ1v) is 6.86. The van der Waals surface area contributed by atoms with Crippen molar-refractivity contribution in [2.45, 2.75) is 32.0 Å². The summed E-state index contributed by atoms with van der Waals surface area (Å²) in [7, 11) is 0. The highest BCUT2D eigenvalue weighted by atomic mass is 16.3. The molecule has 0 spiro atoms. The maximum Gasteiger partial charge on any atom is 0.243 e. The van der Waals surface area contributed by atoms with E-state index in [-0.39, 0.29) is 11.8 Å². The third kappa shape index (κ3) is 2.99. The molecular formula is C15H16N2O4. The number of rotatable bonds is 5. The van der Waals surface area contributed by atoms with Gasteiger partial charge in [-0.05, 0) is 30.7 Å². The molecule has 0 saturated carbocycles. The second-order valence-electron chi connectivity index (χ2n) is 4.95. The Morgan fingerprint density at radius 1 is 1.24 bits per heavy atom. The van der Waals surface area contributed by atoms with Gasteiger partial charge in [-0.3, -0.25) is 9.59 Å². The lowest BCUT2D eigenvalue weighted by Crippen LogP contribution is -2.44. The molecule has 110 valence electrons. The fourth-order valence-electron chi connectivity index (χ4n) is 2.48. The van der Waals surface area contributed by atoms with Crippen molar-refractivity contribution in [1.82, 2.24) is 10.2 Å². The number of nitrogens with zero attached hydrogens (tertiary/aromatic N) is 1. The van der Waals surface area contributed by atoms with Gasteiger partial charge >= 0.3 is 0 Å². The van der Waals surface area contributed by atoms with Gasteiger partial charge in [-0.25, -0.2) is 0 Å². The van der Waals surface area contributed by atoms with Crippen molar-refractivity contribution in [3.8, 4) is 0 Å². The quantitative estimate of drug-likeness (QED) is 0.908. The highest BCUT2D eigenvalue weighted by molar-refractivity contribution is 5.90. The Hall–Kier alpha value is -2.50. The van der Waals surface area contributed by atoms with Crippen LogP contribution < -0.4 is 5.32 Å². The van der Waals surface area contributed by atoms with Gasteiger partial charge in [0, 0.05) is 6.42 Å². The second kappa shape index (κ2) is 5.87. The van der Waals surface area contributed by atoms with E-state index >= 15 is 0 Å². The number of hydrogen-bond acceptors (Lipinski definition) is 4. The molecule has 1 unspecified atom stereocenters. The summed E-state index contributed by atoms with van der Waals surface area (Å²) >= 11 is 0. The molecule has 1 N–H and O–H groups in total. The monoisotopic (exact) mass is 288 g/mol. The van der Waals surface area contributed by atoms with Crippen molar-refractivity contribution in [2.75, 3.05) is 0 Å². The maximum absolute atomic E-state index is 12.2. The molecule has 1 aliphatic heterocycles. The zero-order chi connectivity index (χ0) is 14.7. The van der Waals surface area contributed by atoms with Crippen molar-refractivity contribution < 1.29 is 18.4 Å². The van der Waals surface area contributed by atoms with E-state index in [0.717, 1.165) is 0 Å². The van der Waals surface area contributed by atoms with Gasteiger partial charge in [0.2, 0.25) is 11.8 Å². The largest absolute Gasteiger partial charge is 0.467 e. The third-order valence-corrected chi connectivity index (χ3v) is 3.55. The number of hydrogen-bond donors (Lipinski definition) is 1. The van der Waals surface area contributed by atoms with E-state index in [4.69, 9.17) is 8.83 Å². The summed E-state index contributed by atoms with van der Waals surface area (Å²) in [6.45, 7) is 0.649. The van der Waals surface area contributed by atoms with Crippen LogP contribution in [0.3, 0.4) is 0 Å². The van der Waals surface area contributed by atoms with Crippen LogP contribution >= 0.6 is 0 Å². The number of amides is 2. The van der Waals surface area contributed by atoms with Crippen LogP contribution in [-0.2, 0) is 22.7 Å². The lowest BCUT2D eigenvalue weighted by Gasteiger charge is -2.22. The average Bonchev–Trinajstić information content (AvgIpc) is 3.21. The molecule has 2 amide bonds. The fraction of sp³-hybridized carbons (Fsp3) is 0.333. The highest BCUT2D eigenvalue weighted by Gasteiger charge is 2.36. The van der Waals surface area contributed by atoms with E-state index < -0.39 is 6.04 Å². The first-order valence-electron chi connectivity index (χ1n) is 6.86. The summed E-state index contributed by atoms with van der Waals surface area (Å²) in [6.07, 6.45) is 4.04. The van der Waals surface area contributed by atoms with E-state index in [1.54, 1.807) is 41.7 Å². The van der Waals surface area contributed by atoms with E-state index in [0.29, 0.717) is 37.5 Å². The van der Waals surface area contributed by atoms with Crippen LogP contribution in [0.4, 0.5) is 0 Å². The third-order valence-electron chi connectivity index (χ3n) is 3.55. The first-order chi connectivity index (χ1) is 10.2. The van der Waals surface area contributed by atoms with Gasteiger partial charge in [0.1, 0.15) is 17.6 Å². The van der Waals surface area contributed by atoms with E-state index in [2.05, 4.69) is 5.32 Å². The molecule has 0 radical (unpaired) electrons. The Bertz CT molecular complexity index is 604. The number of furan rings is 2. The predicted octanol–water partition coefficient (Wildman–Crippen LogP) is 1.68. The molecule has 6 heteroatoms. The number of carbonyl (C=O) groups excluding carboxylic acids is 2. The lowest BCUT2D eigenvalue weighted by atomic mass is 10.2. The molecule has 1 saturated heterocycles. The van der Waals surface area contributed by atoms with Crippen molar-refractivity contribution in [3.05, 3.63) is 48.3 Å². The van der Waals surface area contributed by atoms with Crippen molar-refractivity contribution in [1.29, 1.82) is 0 Å². The topological polar surface area (TPSA) is 75.7 Å². The Kier molecular flexibility index (Phi) is 3.77. The van der Waals surface area contributed by atoms with Gasteiger partial charge in [-0.15, -0.1) is 0 Å². The van der Waals surface area contributed by atoms with Gasteiger partial charge < -0.3 is 19.1 Å². The van der Waals surface area contributed by atoms with Gasteiger partial charge in [-0.2, -0.15) is 0 Å². The summed E-state index contributed by atoms with van der Waals surface area (Å²) in [5.74, 6) is 1.17. The van der Waals surface area contributed by atoms with Crippen molar-refractivity contribution >= 4 is 11.8 Å². The van der Waals surface area contributed by atoms with Crippen molar-refractivity contribution in [3.63, 3.8) is 0 Å². The van der Waals surface area contributed by atoms with Gasteiger partial charge in [-0.1, -0.05) is 0 Å². The maximum atomic E-state index is 12.2. The number of carbonyl (C=O) groups is 2. The minimum absolute atomic E-state index is 0.0236. The zero-order valence-corrected chi connectivity index (χ0v) is 11.5. The molecule has 1 aliphatic rings. The Labute approximate surface area is 121 Å². The summed E-state index contributed by atoms with van der Waals surface area (Å²) in [5, 5.41) is 2.80. The van der Waals surface area contributed by atoms with Crippen LogP contribution in [0.15, 0.2) is 45.6 Å². The minimum Gasteiger partial charge on any atom is -0.467 e. The van der Waals surface area contributed by atoms with E-state index in [1.165, 1.54) is 0 Å². The molecule has 0 bridgehead atoms. The number of nitrogens with one attached hydrogen (secondary N) is 1. The van der Waals surface area contributed by atoms with Crippen LogP contribution in [0, 0.1) is 0 Å². The van der Waals surface area contributed by atoms with Crippen LogP contribution in [-0.4, -0.2) is 22.8 Å². The highest BCUT2D eigenvalue weighted by Crippen LogP contribution is 2.22. The van der Waals surface area contributed by atoms with Crippen LogP contribution in [0.25, 0.3) is 0 Å². The fourth-order valence-corrected chi connectivity index (χ4v) is 2.48. The van der Waals surface area contributed by atoms with E-state index in [1.807, 2.05) is 0 Å². The zero-order valence-electron chi connectivity index (χ0n) is 11.5. The summed E-state index contributed by atoms with van der Waals surface area (Å²) in [5.41, 5.74) is 0. The molecular weight excluding hydrogens is 272 g/mol. The molecule has 21 heavy (non-hydrogen) atoms. The summed E-state index contributed by atoms with van der Waals surface area (Å²) in [6, 6.07) is 6.67. The first kappa shape index (κ1) is 13.5. The molecule has 1 fully saturated rings. The standard InChI is InChI=1S/C15H16N2O4/c18-14-6-5-13(17(14)10-12-4-2-8-21-12)15(19)16-9-11-3-1-7-20-11/h1-4,7-8,13H,5-6,9-10H2,(H,16,19). The van der Waals surface area contributed by atoms with Crippen molar-refractivity contribution in [2.24, 2.45) is 0 Å². The Morgan fingerprint density at radius 3 is 2.62 bits per heavy atom. The predicted molar refractivity (Wildman–Crippen MR) is 72.8 cm³/mol. The molecule has 2 aromatic rings. The molecule has 2 aromatic heterocycles. The molecule has 1 atom stereocenters. The van der Waals surface area contributed by atoms with Gasteiger partial charge in [0.25, 0.3) is 0 Å². The minimum atomic E-state index is -0.447. The van der Waals surface area contributed by atoms with Crippen LogP contribution in [0.2, 0.25) is 0 Å². The van der Waals surface area contributed by atoms with Crippen LogP contribution in [0.1, 0.15) is 24.4 Å². The summed E-state index contributed by atoms with van der Waals surface area (Å²) in [4.78, 5) is 25.7. The summed E-state index contributed by atoms with van der Waals surface area (Å²) < 4.78 is 10.4. The van der Waals surface area contributed by atoms with Gasteiger partial charge in [0.05, 0.1) is 25.6 Å². The van der Waals surface area contributed by atoms with E-state index in [9.17, 15) is 9.59 Å². The normalized spacial score (nSPS) is 18.2. The Balaban J connectivity index is 1.62. The molecule has 6 nitrogen and oxygen atoms in total. The molecule has 0 aliphatic carbocycles. The average molecular weight is 288 g/mol. The molecule has 3 heterocycles. The van der Waals surface area contributed by atoms with Crippen LogP contribution in [0.5, 0.6) is 0 Å². The number of likely N-dealkylation sites (tertiary alicyclic amines) is 1. The SMILES string of the molecule is O=C(NCc1ccco1)C1CCC(=O)N1Cc1ccco1. The lowest BCUT2D eigenvalue weighted by molar-refractivity contribution is -0.136. The molecule has 0 aromatic carbocycles. The molecule has 3 rings (SSSR count).